The number of aromatic nitrogens is 5. The molecule has 0 fully saturated rings. The van der Waals surface area contributed by atoms with Gasteiger partial charge in [-0.2, -0.15) is 0 Å². The zero-order valence-corrected chi connectivity index (χ0v) is 14.5. The number of nitrogens with zero attached hydrogens (tertiary/aromatic N) is 5. The van der Waals surface area contributed by atoms with Gasteiger partial charge in [0.05, 0.1) is 11.7 Å². The molecule has 0 aliphatic rings. The second kappa shape index (κ2) is 6.88. The van der Waals surface area contributed by atoms with Crippen LogP contribution in [0.4, 0.5) is 0 Å². The number of thiazole rings is 1. The van der Waals surface area contributed by atoms with Crippen LogP contribution in [0, 0.1) is 13.8 Å². The van der Waals surface area contributed by atoms with E-state index in [0.717, 1.165) is 17.1 Å². The summed E-state index contributed by atoms with van der Waals surface area (Å²) in [6.07, 6.45) is 3.85. The summed E-state index contributed by atoms with van der Waals surface area (Å²) in [5.74, 6) is 0.379. The number of nitrogens with one attached hydrogen (secondary N) is 1. The summed E-state index contributed by atoms with van der Waals surface area (Å²) in [4.78, 5) is 22.7. The van der Waals surface area contributed by atoms with Crippen LogP contribution in [-0.4, -0.2) is 30.6 Å². The van der Waals surface area contributed by atoms with Gasteiger partial charge in [0.2, 0.25) is 0 Å². The Morgan fingerprint density at radius 1 is 1.25 bits per heavy atom. The number of hydrogen-bond donors (Lipinski definition) is 1. The van der Waals surface area contributed by atoms with Gasteiger partial charge >= 0.3 is 0 Å². The van der Waals surface area contributed by atoms with Gasteiger partial charge in [0.15, 0.2) is 0 Å². The van der Waals surface area contributed by atoms with E-state index in [2.05, 4.69) is 25.5 Å². The summed E-state index contributed by atoms with van der Waals surface area (Å²) in [6, 6.07) is 5.16. The molecule has 1 unspecified atom stereocenters. The Morgan fingerprint density at radius 3 is 2.62 bits per heavy atom. The van der Waals surface area contributed by atoms with Crippen molar-refractivity contribution in [2.75, 3.05) is 0 Å². The molecule has 0 saturated heterocycles. The molecule has 0 aromatic carbocycles. The van der Waals surface area contributed by atoms with E-state index in [4.69, 9.17) is 0 Å². The first kappa shape index (κ1) is 16.3. The molecule has 7 nitrogen and oxygen atoms in total. The largest absolute Gasteiger partial charge is 0.341 e. The molecule has 3 aromatic rings. The molecule has 0 saturated carbocycles. The number of rotatable bonds is 5. The minimum absolute atomic E-state index is 0.115. The SMILES string of the molecule is CCC(NC(=O)c1cccc(-n2cnnc2)n1)c1nc(C)c(C)s1. The molecule has 124 valence electrons. The maximum absolute atomic E-state index is 12.6. The summed E-state index contributed by atoms with van der Waals surface area (Å²) >= 11 is 1.62. The van der Waals surface area contributed by atoms with Gasteiger partial charge in [-0.3, -0.25) is 9.36 Å². The minimum Gasteiger partial charge on any atom is -0.341 e. The summed E-state index contributed by atoms with van der Waals surface area (Å²) in [5.41, 5.74) is 1.36. The van der Waals surface area contributed by atoms with Crippen LogP contribution in [0.3, 0.4) is 0 Å². The van der Waals surface area contributed by atoms with E-state index in [1.165, 1.54) is 4.88 Å². The van der Waals surface area contributed by atoms with E-state index in [0.29, 0.717) is 11.5 Å². The predicted octanol–water partition coefficient (Wildman–Crippen LogP) is 2.62. The standard InChI is InChI=1S/C16H18N6OS/c1-4-12(16-19-10(2)11(3)24-16)21-15(23)13-6-5-7-14(20-13)22-8-17-18-9-22/h5-9,12H,4H2,1-3H3,(H,21,23). The van der Waals surface area contributed by atoms with Gasteiger partial charge in [-0.05, 0) is 32.4 Å². The molecule has 3 aromatic heterocycles. The van der Waals surface area contributed by atoms with Gasteiger partial charge in [-0.25, -0.2) is 9.97 Å². The first-order valence-corrected chi connectivity index (χ1v) is 8.47. The quantitative estimate of drug-likeness (QED) is 0.770. The molecule has 0 bridgehead atoms. The maximum atomic E-state index is 12.6. The third kappa shape index (κ3) is 3.33. The average molecular weight is 342 g/mol. The van der Waals surface area contributed by atoms with Crippen LogP contribution in [-0.2, 0) is 0 Å². The monoisotopic (exact) mass is 342 g/mol. The average Bonchev–Trinajstić information content (AvgIpc) is 3.23. The number of pyridine rings is 1. The van der Waals surface area contributed by atoms with Crippen LogP contribution in [0.15, 0.2) is 30.9 Å². The molecule has 24 heavy (non-hydrogen) atoms. The van der Waals surface area contributed by atoms with Gasteiger partial charge < -0.3 is 5.32 Å². The van der Waals surface area contributed by atoms with E-state index in [9.17, 15) is 4.79 Å². The van der Waals surface area contributed by atoms with Gasteiger partial charge in [0, 0.05) is 4.88 Å². The van der Waals surface area contributed by atoms with Gasteiger partial charge in [-0.1, -0.05) is 13.0 Å². The predicted molar refractivity (Wildman–Crippen MR) is 91.2 cm³/mol. The first-order chi connectivity index (χ1) is 11.6. The van der Waals surface area contributed by atoms with Crippen molar-refractivity contribution in [3.05, 3.63) is 52.1 Å². The van der Waals surface area contributed by atoms with Crippen molar-refractivity contribution < 1.29 is 4.79 Å². The zero-order chi connectivity index (χ0) is 17.1. The Labute approximate surface area is 143 Å². The van der Waals surface area contributed by atoms with Crippen molar-refractivity contribution in [2.45, 2.75) is 33.2 Å². The zero-order valence-electron chi connectivity index (χ0n) is 13.7. The molecule has 8 heteroatoms. The van der Waals surface area contributed by atoms with Gasteiger partial charge in [-0.15, -0.1) is 21.5 Å². The van der Waals surface area contributed by atoms with Crippen LogP contribution in [0.5, 0.6) is 0 Å². The summed E-state index contributed by atoms with van der Waals surface area (Å²) in [5, 5.41) is 11.4. The molecule has 0 radical (unpaired) electrons. The Kier molecular flexibility index (Phi) is 4.66. The lowest BCUT2D eigenvalue weighted by Gasteiger charge is -2.14. The summed E-state index contributed by atoms with van der Waals surface area (Å²) < 4.78 is 1.65. The highest BCUT2D eigenvalue weighted by Gasteiger charge is 2.19. The molecule has 1 N–H and O–H groups in total. The molecule has 1 atom stereocenters. The highest BCUT2D eigenvalue weighted by Crippen LogP contribution is 2.25. The van der Waals surface area contributed by atoms with Crippen molar-refractivity contribution in [1.29, 1.82) is 0 Å². The van der Waals surface area contributed by atoms with Crippen molar-refractivity contribution >= 4 is 17.2 Å². The Bertz CT molecular complexity index is 823. The lowest BCUT2D eigenvalue weighted by atomic mass is 10.2. The van der Waals surface area contributed by atoms with Crippen LogP contribution in [0.25, 0.3) is 5.82 Å². The fourth-order valence-corrected chi connectivity index (χ4v) is 3.29. The molecule has 3 rings (SSSR count). The maximum Gasteiger partial charge on any atom is 0.270 e. The van der Waals surface area contributed by atoms with E-state index in [1.54, 1.807) is 46.8 Å². The lowest BCUT2D eigenvalue weighted by Crippen LogP contribution is -2.29. The second-order valence-corrected chi connectivity index (χ2v) is 6.61. The van der Waals surface area contributed by atoms with Crippen LogP contribution >= 0.6 is 11.3 Å². The topological polar surface area (TPSA) is 85.6 Å². The van der Waals surface area contributed by atoms with Crippen molar-refractivity contribution in [3.8, 4) is 5.82 Å². The van der Waals surface area contributed by atoms with E-state index >= 15 is 0 Å². The molecular weight excluding hydrogens is 324 g/mol. The van der Waals surface area contributed by atoms with E-state index < -0.39 is 0 Å². The highest BCUT2D eigenvalue weighted by atomic mass is 32.1. The Balaban J connectivity index is 1.80. The lowest BCUT2D eigenvalue weighted by molar-refractivity contribution is 0.0930. The molecule has 0 aliphatic heterocycles. The van der Waals surface area contributed by atoms with Crippen molar-refractivity contribution in [3.63, 3.8) is 0 Å². The normalized spacial score (nSPS) is 12.1. The molecule has 1 amide bonds. The molecule has 0 spiro atoms. The van der Waals surface area contributed by atoms with Gasteiger partial charge in [0.1, 0.15) is 29.2 Å². The third-order valence-electron chi connectivity index (χ3n) is 3.71. The van der Waals surface area contributed by atoms with E-state index in [-0.39, 0.29) is 11.9 Å². The van der Waals surface area contributed by atoms with Crippen LogP contribution in [0.1, 0.15) is 45.5 Å². The Morgan fingerprint density at radius 2 is 2.00 bits per heavy atom. The van der Waals surface area contributed by atoms with Crippen molar-refractivity contribution in [1.82, 2.24) is 30.0 Å². The molecule has 3 heterocycles. The first-order valence-electron chi connectivity index (χ1n) is 7.65. The number of carbonyl (C=O) groups excluding carboxylic acids is 1. The molecule has 0 aliphatic carbocycles. The second-order valence-electron chi connectivity index (χ2n) is 5.38. The number of hydrogen-bond acceptors (Lipinski definition) is 6. The fraction of sp³-hybridized carbons (Fsp3) is 0.312. The number of amides is 1. The van der Waals surface area contributed by atoms with Crippen LogP contribution < -0.4 is 5.32 Å². The Hall–Kier alpha value is -2.61. The van der Waals surface area contributed by atoms with Crippen LogP contribution in [0.2, 0.25) is 0 Å². The fourth-order valence-electron chi connectivity index (χ4n) is 2.23. The highest BCUT2D eigenvalue weighted by molar-refractivity contribution is 7.11. The van der Waals surface area contributed by atoms with E-state index in [1.807, 2.05) is 20.8 Å². The van der Waals surface area contributed by atoms with Gasteiger partial charge in [0.25, 0.3) is 5.91 Å². The summed E-state index contributed by atoms with van der Waals surface area (Å²) in [7, 11) is 0. The third-order valence-corrected chi connectivity index (χ3v) is 4.89. The molecular formula is C16H18N6OS. The smallest absolute Gasteiger partial charge is 0.270 e. The number of aryl methyl sites for hydroxylation is 2. The minimum atomic E-state index is -0.220. The summed E-state index contributed by atoms with van der Waals surface area (Å²) in [6.45, 7) is 6.04. The van der Waals surface area contributed by atoms with Crippen molar-refractivity contribution in [2.24, 2.45) is 0 Å². The number of carbonyl (C=O) groups is 1.